The van der Waals surface area contributed by atoms with Gasteiger partial charge in [-0.2, -0.15) is 0 Å². The third-order valence-corrected chi connectivity index (χ3v) is 6.42. The lowest BCUT2D eigenvalue weighted by atomic mass is 10.0. The van der Waals surface area contributed by atoms with Crippen LogP contribution >= 0.6 is 11.8 Å². The standard InChI is InChI=1S/C27H29N3O6S/c1-17(2)26(30-23(32)15-36-22-11-7-9-18-8-3-4-10-19(18)22)27(35)29-20(14-25(33)34)21(31)16-37-24-12-5-6-13-28-24/h3-13,17,20,26H,14-16H2,1-2H3,(H,29,35)(H,30,32)(H,33,34)/t20-,26-/m0/s1. The van der Waals surface area contributed by atoms with Crippen molar-refractivity contribution in [3.8, 4) is 5.75 Å². The lowest BCUT2D eigenvalue weighted by Crippen LogP contribution is -2.55. The normalized spacial score (nSPS) is 12.5. The summed E-state index contributed by atoms with van der Waals surface area (Å²) in [6.07, 6.45) is 1.01. The first-order valence-electron chi connectivity index (χ1n) is 11.7. The molecule has 0 fully saturated rings. The fourth-order valence-corrected chi connectivity index (χ4v) is 4.38. The molecule has 0 aliphatic heterocycles. The maximum Gasteiger partial charge on any atom is 0.305 e. The number of amides is 2. The summed E-state index contributed by atoms with van der Waals surface area (Å²) in [5.74, 6) is -2.70. The van der Waals surface area contributed by atoms with E-state index in [1.165, 1.54) is 0 Å². The smallest absolute Gasteiger partial charge is 0.305 e. The summed E-state index contributed by atoms with van der Waals surface area (Å²) in [7, 11) is 0. The van der Waals surface area contributed by atoms with Gasteiger partial charge in [0.2, 0.25) is 5.91 Å². The number of benzene rings is 2. The van der Waals surface area contributed by atoms with Crippen molar-refractivity contribution in [3.63, 3.8) is 0 Å². The molecule has 3 N–H and O–H groups in total. The maximum absolute atomic E-state index is 13.0. The molecule has 37 heavy (non-hydrogen) atoms. The van der Waals surface area contributed by atoms with Crippen molar-refractivity contribution in [1.29, 1.82) is 0 Å². The van der Waals surface area contributed by atoms with E-state index in [4.69, 9.17) is 4.74 Å². The van der Waals surface area contributed by atoms with Gasteiger partial charge in [0.05, 0.1) is 23.2 Å². The molecular weight excluding hydrogens is 494 g/mol. The van der Waals surface area contributed by atoms with Crippen LogP contribution in [0.15, 0.2) is 71.9 Å². The van der Waals surface area contributed by atoms with Gasteiger partial charge >= 0.3 is 5.97 Å². The van der Waals surface area contributed by atoms with Crippen LogP contribution in [0.3, 0.4) is 0 Å². The zero-order valence-electron chi connectivity index (χ0n) is 20.5. The molecule has 0 saturated heterocycles. The number of carbonyl (C=O) groups excluding carboxylic acids is 3. The monoisotopic (exact) mass is 523 g/mol. The van der Waals surface area contributed by atoms with E-state index in [-0.39, 0.29) is 18.3 Å². The van der Waals surface area contributed by atoms with E-state index in [0.29, 0.717) is 10.8 Å². The van der Waals surface area contributed by atoms with E-state index in [0.717, 1.165) is 22.5 Å². The quantitative estimate of drug-likeness (QED) is 0.291. The number of fused-ring (bicyclic) bond motifs is 1. The first kappa shape index (κ1) is 27.7. The summed E-state index contributed by atoms with van der Waals surface area (Å²) in [6, 6.07) is 16.1. The van der Waals surface area contributed by atoms with Crippen LogP contribution in [-0.4, -0.2) is 58.1 Å². The van der Waals surface area contributed by atoms with Gasteiger partial charge in [-0.15, -0.1) is 0 Å². The van der Waals surface area contributed by atoms with Crippen molar-refractivity contribution in [2.45, 2.75) is 37.4 Å². The number of ether oxygens (including phenoxy) is 1. The molecular formula is C27H29N3O6S. The number of carbonyl (C=O) groups is 4. The summed E-state index contributed by atoms with van der Waals surface area (Å²) in [5.41, 5.74) is 0. The Hall–Kier alpha value is -3.92. The molecule has 2 atom stereocenters. The van der Waals surface area contributed by atoms with E-state index >= 15 is 0 Å². The number of nitrogens with one attached hydrogen (secondary N) is 2. The van der Waals surface area contributed by atoms with Crippen molar-refractivity contribution in [1.82, 2.24) is 15.6 Å². The first-order valence-corrected chi connectivity index (χ1v) is 12.7. The number of pyridine rings is 1. The van der Waals surface area contributed by atoms with Gasteiger partial charge in [-0.25, -0.2) is 4.98 Å². The molecule has 3 rings (SSSR count). The van der Waals surface area contributed by atoms with Gasteiger partial charge in [0.15, 0.2) is 12.4 Å². The molecule has 0 spiro atoms. The number of aliphatic carboxylic acids is 1. The Morgan fingerprint density at radius 3 is 2.41 bits per heavy atom. The second kappa shape index (κ2) is 13.4. The summed E-state index contributed by atoms with van der Waals surface area (Å²) < 4.78 is 5.70. The molecule has 0 saturated carbocycles. The van der Waals surface area contributed by atoms with Gasteiger partial charge in [-0.3, -0.25) is 19.2 Å². The van der Waals surface area contributed by atoms with Gasteiger partial charge < -0.3 is 20.5 Å². The van der Waals surface area contributed by atoms with Crippen LogP contribution < -0.4 is 15.4 Å². The van der Waals surface area contributed by atoms with Crippen LogP contribution in [0.2, 0.25) is 0 Å². The minimum Gasteiger partial charge on any atom is -0.483 e. The number of carboxylic acid groups (broad SMARTS) is 1. The highest BCUT2D eigenvalue weighted by Crippen LogP contribution is 2.25. The topological polar surface area (TPSA) is 135 Å². The molecule has 1 aromatic heterocycles. The Morgan fingerprint density at radius 1 is 0.973 bits per heavy atom. The number of aromatic nitrogens is 1. The fraction of sp³-hybridized carbons (Fsp3) is 0.296. The van der Waals surface area contributed by atoms with Crippen molar-refractivity contribution in [2.75, 3.05) is 12.4 Å². The highest BCUT2D eigenvalue weighted by molar-refractivity contribution is 7.99. The van der Waals surface area contributed by atoms with Crippen LogP contribution in [0, 0.1) is 5.92 Å². The van der Waals surface area contributed by atoms with E-state index < -0.39 is 42.1 Å². The Bertz CT molecular complexity index is 1250. The van der Waals surface area contributed by atoms with Crippen molar-refractivity contribution in [3.05, 3.63) is 66.9 Å². The van der Waals surface area contributed by atoms with Crippen LogP contribution in [0.25, 0.3) is 10.8 Å². The predicted molar refractivity (Wildman–Crippen MR) is 140 cm³/mol. The average molecular weight is 524 g/mol. The fourth-order valence-electron chi connectivity index (χ4n) is 3.57. The number of carboxylic acids is 1. The van der Waals surface area contributed by atoms with Crippen LogP contribution in [-0.2, 0) is 19.2 Å². The van der Waals surface area contributed by atoms with E-state index in [1.807, 2.05) is 36.4 Å². The second-order valence-electron chi connectivity index (χ2n) is 8.64. The van der Waals surface area contributed by atoms with Crippen LogP contribution in [0.1, 0.15) is 20.3 Å². The van der Waals surface area contributed by atoms with Gasteiger partial charge in [0.25, 0.3) is 5.91 Å². The molecule has 2 amide bonds. The lowest BCUT2D eigenvalue weighted by molar-refractivity contribution is -0.140. The largest absolute Gasteiger partial charge is 0.483 e. The third-order valence-electron chi connectivity index (χ3n) is 5.46. The zero-order valence-corrected chi connectivity index (χ0v) is 21.4. The molecule has 0 radical (unpaired) electrons. The lowest BCUT2D eigenvalue weighted by Gasteiger charge is -2.24. The van der Waals surface area contributed by atoms with Crippen molar-refractivity contribution in [2.24, 2.45) is 5.92 Å². The number of ketones is 1. The maximum atomic E-state index is 13.0. The summed E-state index contributed by atoms with van der Waals surface area (Å²) >= 11 is 1.15. The molecule has 0 aliphatic carbocycles. The Morgan fingerprint density at radius 2 is 1.70 bits per heavy atom. The Kier molecular flexibility index (Phi) is 10.0. The molecule has 0 aliphatic rings. The number of Topliss-reactive ketones (excluding diaryl/α,β-unsaturated/α-hetero) is 1. The van der Waals surface area contributed by atoms with Crippen LogP contribution in [0.5, 0.6) is 5.75 Å². The van der Waals surface area contributed by atoms with Gasteiger partial charge in [-0.05, 0) is 29.5 Å². The number of nitrogens with zero attached hydrogens (tertiary/aromatic N) is 1. The highest BCUT2D eigenvalue weighted by atomic mass is 32.2. The van der Waals surface area contributed by atoms with Gasteiger partial charge in [0.1, 0.15) is 11.8 Å². The van der Waals surface area contributed by atoms with E-state index in [9.17, 15) is 24.3 Å². The third kappa shape index (κ3) is 8.32. The molecule has 9 nitrogen and oxygen atoms in total. The zero-order chi connectivity index (χ0) is 26.8. The predicted octanol–water partition coefficient (Wildman–Crippen LogP) is 3.08. The number of rotatable bonds is 13. The summed E-state index contributed by atoms with van der Waals surface area (Å²) in [4.78, 5) is 53.9. The summed E-state index contributed by atoms with van der Waals surface area (Å²) in [5, 5.41) is 16.8. The molecule has 10 heteroatoms. The summed E-state index contributed by atoms with van der Waals surface area (Å²) in [6.45, 7) is 3.16. The van der Waals surface area contributed by atoms with Crippen LogP contribution in [0.4, 0.5) is 0 Å². The molecule has 1 heterocycles. The average Bonchev–Trinajstić information content (AvgIpc) is 2.88. The van der Waals surface area contributed by atoms with E-state index in [2.05, 4.69) is 15.6 Å². The minimum absolute atomic E-state index is 0.0627. The molecule has 0 unspecified atom stereocenters. The highest BCUT2D eigenvalue weighted by Gasteiger charge is 2.30. The molecule has 0 bridgehead atoms. The first-order chi connectivity index (χ1) is 17.7. The minimum atomic E-state index is -1.24. The van der Waals surface area contributed by atoms with Crippen molar-refractivity contribution >= 4 is 46.1 Å². The molecule has 2 aromatic carbocycles. The number of thioether (sulfide) groups is 1. The molecule has 3 aromatic rings. The van der Waals surface area contributed by atoms with E-state index in [1.54, 1.807) is 44.3 Å². The Labute approximate surface area is 219 Å². The SMILES string of the molecule is CC(C)[C@H](NC(=O)COc1cccc2ccccc12)C(=O)N[C@@H](CC(=O)O)C(=O)CSc1ccccn1. The molecule has 194 valence electrons. The number of hydrogen-bond donors (Lipinski definition) is 3. The van der Waals surface area contributed by atoms with Crippen molar-refractivity contribution < 1.29 is 29.0 Å². The second-order valence-corrected chi connectivity index (χ2v) is 9.63. The Balaban J connectivity index is 1.61. The van der Waals surface area contributed by atoms with Gasteiger partial charge in [0, 0.05) is 11.6 Å². The van der Waals surface area contributed by atoms with Gasteiger partial charge in [-0.1, -0.05) is 68.1 Å². The number of hydrogen-bond acceptors (Lipinski definition) is 7.